The number of ether oxygens (including phenoxy) is 1. The van der Waals surface area contributed by atoms with E-state index in [1.54, 1.807) is 29.7 Å². The Morgan fingerprint density at radius 1 is 1.08 bits per heavy atom. The lowest BCUT2D eigenvalue weighted by molar-refractivity contribution is -0.145. The van der Waals surface area contributed by atoms with Crippen LogP contribution in [0.3, 0.4) is 0 Å². The average molecular weight is 362 g/mol. The van der Waals surface area contributed by atoms with Crippen molar-refractivity contribution in [1.82, 2.24) is 4.98 Å². The third-order valence-corrected chi connectivity index (χ3v) is 5.74. The van der Waals surface area contributed by atoms with Gasteiger partial charge in [0, 0.05) is 17.9 Å². The van der Waals surface area contributed by atoms with Crippen molar-refractivity contribution in [3.8, 4) is 0 Å². The molecule has 0 saturated carbocycles. The summed E-state index contributed by atoms with van der Waals surface area (Å²) < 4.78 is 5.74. The summed E-state index contributed by atoms with van der Waals surface area (Å²) in [5, 5.41) is 0.923. The molecule has 1 heterocycles. The van der Waals surface area contributed by atoms with Crippen molar-refractivity contribution in [2.45, 2.75) is 48.2 Å². The van der Waals surface area contributed by atoms with Gasteiger partial charge < -0.3 is 4.74 Å². The summed E-state index contributed by atoms with van der Waals surface area (Å²) in [6.45, 7) is 7.96. The van der Waals surface area contributed by atoms with Crippen LogP contribution in [0.2, 0.25) is 0 Å². The zero-order chi connectivity index (χ0) is 17.6. The first kappa shape index (κ1) is 18.9. The molecule has 0 amide bonds. The molecule has 0 radical (unpaired) electrons. The first-order chi connectivity index (χ1) is 11.3. The zero-order valence-corrected chi connectivity index (χ0v) is 16.1. The van der Waals surface area contributed by atoms with Gasteiger partial charge in [-0.3, -0.25) is 4.79 Å². The molecule has 0 saturated heterocycles. The van der Waals surface area contributed by atoms with E-state index in [1.165, 1.54) is 6.92 Å². The van der Waals surface area contributed by atoms with Gasteiger partial charge in [0.25, 0.3) is 0 Å². The Kier molecular flexibility index (Phi) is 6.75. The first-order valence-electron chi connectivity index (χ1n) is 7.83. The number of carbonyl (C=O) groups is 1. The molecule has 0 unspecified atom stereocenters. The maximum atomic E-state index is 11.7. The van der Waals surface area contributed by atoms with Crippen LogP contribution >= 0.6 is 23.5 Å². The van der Waals surface area contributed by atoms with Crippen LogP contribution in [-0.4, -0.2) is 20.3 Å². The van der Waals surface area contributed by atoms with Crippen LogP contribution in [0.1, 0.15) is 39.4 Å². The molecule has 2 aromatic rings. The predicted octanol–water partition coefficient (Wildman–Crippen LogP) is 5.34. The highest BCUT2D eigenvalue weighted by Gasteiger charge is 2.32. The van der Waals surface area contributed by atoms with E-state index in [0.717, 1.165) is 10.6 Å². The third kappa shape index (κ3) is 6.21. The van der Waals surface area contributed by atoms with Gasteiger partial charge in [0.15, 0.2) is 0 Å². The molecule has 5 heteroatoms. The fourth-order valence-corrected chi connectivity index (χ4v) is 5.37. The Bertz CT molecular complexity index is 641. The van der Waals surface area contributed by atoms with E-state index in [2.05, 4.69) is 25.8 Å². The van der Waals surface area contributed by atoms with Gasteiger partial charge in [-0.1, -0.05) is 68.9 Å². The Labute approximate surface area is 152 Å². The molecule has 0 spiro atoms. The monoisotopic (exact) mass is 361 g/mol. The molecule has 1 aromatic heterocycles. The molecule has 3 nitrogen and oxygen atoms in total. The third-order valence-electron chi connectivity index (χ3n) is 3.01. The van der Waals surface area contributed by atoms with Gasteiger partial charge in [-0.05, 0) is 17.7 Å². The van der Waals surface area contributed by atoms with Crippen LogP contribution in [0.4, 0.5) is 0 Å². The summed E-state index contributed by atoms with van der Waals surface area (Å²) in [6, 6.07) is 15.8. The van der Waals surface area contributed by atoms with E-state index in [-0.39, 0.29) is 21.4 Å². The van der Waals surface area contributed by atoms with E-state index in [1.807, 2.05) is 48.5 Å². The van der Waals surface area contributed by atoms with Gasteiger partial charge in [-0.2, -0.15) is 0 Å². The molecule has 2 rings (SSSR count). The van der Waals surface area contributed by atoms with E-state index in [9.17, 15) is 4.79 Å². The Hall–Kier alpha value is -1.46. The lowest BCUT2D eigenvalue weighted by Gasteiger charge is -2.31. The Balaban J connectivity index is 2.34. The Morgan fingerprint density at radius 2 is 1.75 bits per heavy atom. The van der Waals surface area contributed by atoms with Crippen LogP contribution < -0.4 is 0 Å². The summed E-state index contributed by atoms with van der Waals surface area (Å²) in [4.78, 5) is 16.1. The molecule has 0 N–H and O–H groups in total. The van der Waals surface area contributed by atoms with Gasteiger partial charge in [0.2, 0.25) is 0 Å². The van der Waals surface area contributed by atoms with Crippen LogP contribution in [0.25, 0.3) is 0 Å². The normalized spacial score (nSPS) is 14.0. The van der Waals surface area contributed by atoms with E-state index >= 15 is 0 Å². The van der Waals surface area contributed by atoms with Crippen molar-refractivity contribution in [3.05, 3.63) is 60.3 Å². The summed E-state index contributed by atoms with van der Waals surface area (Å²) in [7, 11) is 0. The molecule has 0 aliphatic carbocycles. The largest absolute Gasteiger partial charge is 0.456 e. The molecule has 0 aliphatic heterocycles. The quantitative estimate of drug-likeness (QED) is 0.395. The maximum Gasteiger partial charge on any atom is 0.303 e. The molecular weight excluding hydrogens is 338 g/mol. The molecule has 24 heavy (non-hydrogen) atoms. The molecule has 2 atom stereocenters. The van der Waals surface area contributed by atoms with Gasteiger partial charge >= 0.3 is 5.97 Å². The number of rotatable bonds is 6. The summed E-state index contributed by atoms with van der Waals surface area (Å²) in [6.07, 6.45) is 1.45. The second-order valence-corrected chi connectivity index (χ2v) is 9.75. The van der Waals surface area contributed by atoms with Gasteiger partial charge in [-0.25, -0.2) is 4.98 Å². The first-order valence-corrected chi connectivity index (χ1v) is 9.59. The SMILES string of the molecule is CC(=O)O[C@H](c1ccccc1)[C@H](Sc1ccccn1)SC(C)(C)C. The molecule has 0 fully saturated rings. The van der Waals surface area contributed by atoms with Crippen LogP contribution in [0.5, 0.6) is 0 Å². The number of aromatic nitrogens is 1. The highest BCUT2D eigenvalue weighted by molar-refractivity contribution is 8.17. The van der Waals surface area contributed by atoms with Crippen molar-refractivity contribution < 1.29 is 9.53 Å². The zero-order valence-electron chi connectivity index (χ0n) is 14.4. The summed E-state index contributed by atoms with van der Waals surface area (Å²) >= 11 is 3.42. The van der Waals surface area contributed by atoms with Gasteiger partial charge in [0.1, 0.15) is 6.10 Å². The number of nitrogens with zero attached hydrogens (tertiary/aromatic N) is 1. The number of thioether (sulfide) groups is 2. The number of pyridine rings is 1. The number of esters is 1. The number of benzene rings is 1. The minimum absolute atomic E-state index is 0.00574. The lowest BCUT2D eigenvalue weighted by atomic mass is 10.1. The smallest absolute Gasteiger partial charge is 0.303 e. The van der Waals surface area contributed by atoms with Crippen molar-refractivity contribution in [2.24, 2.45) is 0 Å². The molecule has 0 bridgehead atoms. The van der Waals surface area contributed by atoms with Crippen molar-refractivity contribution in [1.29, 1.82) is 0 Å². The van der Waals surface area contributed by atoms with E-state index in [4.69, 9.17) is 4.74 Å². The molecule has 128 valence electrons. The highest BCUT2D eigenvalue weighted by atomic mass is 32.2. The van der Waals surface area contributed by atoms with Gasteiger partial charge in [-0.15, -0.1) is 11.8 Å². The van der Waals surface area contributed by atoms with Crippen LogP contribution in [0.15, 0.2) is 59.8 Å². The fourth-order valence-electron chi connectivity index (χ4n) is 2.13. The second-order valence-electron chi connectivity index (χ2n) is 6.33. The fraction of sp³-hybridized carbons (Fsp3) is 0.368. The predicted molar refractivity (Wildman–Crippen MR) is 102 cm³/mol. The molecule has 0 aliphatic rings. The number of carbonyl (C=O) groups excluding carboxylic acids is 1. The van der Waals surface area contributed by atoms with E-state index in [0.29, 0.717) is 0 Å². The van der Waals surface area contributed by atoms with E-state index < -0.39 is 0 Å². The second kappa shape index (κ2) is 8.58. The number of hydrogen-bond acceptors (Lipinski definition) is 5. The van der Waals surface area contributed by atoms with Crippen molar-refractivity contribution in [2.75, 3.05) is 0 Å². The molecule has 1 aromatic carbocycles. The highest BCUT2D eigenvalue weighted by Crippen LogP contribution is 2.45. The van der Waals surface area contributed by atoms with Gasteiger partial charge in [0.05, 0.1) is 9.61 Å². The average Bonchev–Trinajstić information content (AvgIpc) is 2.52. The molecular formula is C19H23NO2S2. The van der Waals surface area contributed by atoms with Crippen molar-refractivity contribution in [3.63, 3.8) is 0 Å². The lowest BCUT2D eigenvalue weighted by Crippen LogP contribution is -2.23. The summed E-state index contributed by atoms with van der Waals surface area (Å²) in [5.74, 6) is -0.273. The standard InChI is InChI=1S/C19H23NO2S2/c1-14(21)22-17(15-10-6-5-7-11-15)18(24-19(2,3)4)23-16-12-8-9-13-20-16/h5-13,17-18H,1-4H3/t17-,18-/m1/s1. The minimum Gasteiger partial charge on any atom is -0.456 e. The number of hydrogen-bond donors (Lipinski definition) is 0. The minimum atomic E-state index is -0.333. The van der Waals surface area contributed by atoms with Crippen LogP contribution in [0, 0.1) is 0 Å². The van der Waals surface area contributed by atoms with Crippen molar-refractivity contribution >= 4 is 29.5 Å². The maximum absolute atomic E-state index is 11.7. The van der Waals surface area contributed by atoms with Crippen LogP contribution in [-0.2, 0) is 9.53 Å². The topological polar surface area (TPSA) is 39.2 Å². The Morgan fingerprint density at radius 3 is 2.29 bits per heavy atom. The summed E-state index contributed by atoms with van der Waals surface area (Å²) in [5.41, 5.74) is 0.998.